The third kappa shape index (κ3) is 3.10. The van der Waals surface area contributed by atoms with Gasteiger partial charge in [-0.15, -0.1) is 0 Å². The Morgan fingerprint density at radius 2 is 1.67 bits per heavy atom. The van der Waals surface area contributed by atoms with Crippen LogP contribution in [-0.2, 0) is 14.8 Å². The quantitative estimate of drug-likeness (QED) is 0.857. The monoisotopic (exact) mass is 345 g/mol. The number of aryl methyl sites for hydroxylation is 1. The van der Waals surface area contributed by atoms with E-state index in [-0.39, 0.29) is 17.1 Å². The van der Waals surface area contributed by atoms with E-state index in [4.69, 9.17) is 0 Å². The molecule has 4 nitrogen and oxygen atoms in total. The van der Waals surface area contributed by atoms with Crippen molar-refractivity contribution in [3.05, 3.63) is 77.8 Å². The maximum Gasteiger partial charge on any atom is 0.264 e. The van der Waals surface area contributed by atoms with Crippen molar-refractivity contribution in [2.45, 2.75) is 24.3 Å². The lowest BCUT2D eigenvalue weighted by atomic mass is 9.99. The molecule has 6 heteroatoms. The lowest BCUT2D eigenvalue weighted by molar-refractivity contribution is -0.115. The minimum Gasteiger partial charge on any atom is -0.295 e. The first-order valence-corrected chi connectivity index (χ1v) is 8.88. The number of rotatable bonds is 3. The minimum atomic E-state index is -3.81. The first-order chi connectivity index (χ1) is 11.4. The third-order valence-corrected chi connectivity index (χ3v) is 5.76. The number of halogens is 1. The average Bonchev–Trinajstić information content (AvgIpc) is 2.55. The average molecular weight is 345 g/mol. The van der Waals surface area contributed by atoms with Crippen LogP contribution in [0.3, 0.4) is 0 Å². The Morgan fingerprint density at radius 1 is 1.04 bits per heavy atom. The highest BCUT2D eigenvalue weighted by atomic mass is 32.2. The molecule has 124 valence electrons. The van der Waals surface area contributed by atoms with Crippen molar-refractivity contribution in [1.82, 2.24) is 4.31 Å². The third-order valence-electron chi connectivity index (χ3n) is 3.96. The second-order valence-electron chi connectivity index (χ2n) is 5.70. The predicted molar refractivity (Wildman–Crippen MR) is 88.1 cm³/mol. The van der Waals surface area contributed by atoms with Crippen LogP contribution in [0.15, 0.2) is 65.7 Å². The number of nitrogens with zero attached hydrogens (tertiary/aromatic N) is 1. The Kier molecular flexibility index (Phi) is 4.24. The van der Waals surface area contributed by atoms with Crippen LogP contribution in [0.4, 0.5) is 4.39 Å². The van der Waals surface area contributed by atoms with E-state index in [1.807, 2.05) is 6.92 Å². The van der Waals surface area contributed by atoms with E-state index in [1.54, 1.807) is 12.1 Å². The highest BCUT2D eigenvalue weighted by Crippen LogP contribution is 2.33. The van der Waals surface area contributed by atoms with Crippen molar-refractivity contribution < 1.29 is 17.6 Å². The summed E-state index contributed by atoms with van der Waals surface area (Å²) in [6.45, 7) is 1.87. The molecule has 0 saturated heterocycles. The van der Waals surface area contributed by atoms with Crippen LogP contribution >= 0.6 is 0 Å². The molecule has 0 saturated carbocycles. The van der Waals surface area contributed by atoms with Crippen molar-refractivity contribution >= 4 is 15.8 Å². The molecule has 0 amide bonds. The van der Waals surface area contributed by atoms with Crippen molar-refractivity contribution in [2.75, 3.05) is 0 Å². The first kappa shape index (κ1) is 16.4. The zero-order valence-electron chi connectivity index (χ0n) is 13.0. The largest absolute Gasteiger partial charge is 0.295 e. The van der Waals surface area contributed by atoms with Gasteiger partial charge in [0.2, 0.25) is 0 Å². The summed E-state index contributed by atoms with van der Waals surface area (Å²) >= 11 is 0. The molecule has 1 heterocycles. The molecule has 3 rings (SSSR count). The Balaban J connectivity index is 2.05. The summed E-state index contributed by atoms with van der Waals surface area (Å²) in [5.74, 6) is -0.580. The van der Waals surface area contributed by atoms with Gasteiger partial charge in [0, 0.05) is 12.6 Å². The van der Waals surface area contributed by atoms with Crippen LogP contribution in [0, 0.1) is 12.7 Å². The molecule has 0 aliphatic carbocycles. The number of hydrogen-bond acceptors (Lipinski definition) is 3. The predicted octanol–water partition coefficient (Wildman–Crippen LogP) is 3.35. The molecule has 0 aromatic heterocycles. The molecule has 1 aliphatic rings. The van der Waals surface area contributed by atoms with E-state index in [9.17, 15) is 17.6 Å². The summed E-state index contributed by atoms with van der Waals surface area (Å²) in [6.07, 6.45) is 2.56. The van der Waals surface area contributed by atoms with E-state index in [2.05, 4.69) is 0 Å². The molecular formula is C18H16FNO3S. The fourth-order valence-electron chi connectivity index (χ4n) is 2.64. The van der Waals surface area contributed by atoms with E-state index in [1.165, 1.54) is 53.0 Å². The smallest absolute Gasteiger partial charge is 0.264 e. The fraction of sp³-hybridized carbons (Fsp3) is 0.167. The highest BCUT2D eigenvalue weighted by molar-refractivity contribution is 7.89. The number of sulfonamides is 1. The SMILES string of the molecule is Cc1ccc(S(=O)(=O)N2C=CC(=O)C[C@@H]2c2ccc(F)cc2)cc1. The van der Waals surface area contributed by atoms with Crippen LogP contribution in [-0.4, -0.2) is 18.5 Å². The molecule has 0 unspecified atom stereocenters. The van der Waals surface area contributed by atoms with Gasteiger partial charge < -0.3 is 0 Å². The van der Waals surface area contributed by atoms with Gasteiger partial charge in [0.15, 0.2) is 5.78 Å². The number of carbonyl (C=O) groups excluding carboxylic acids is 1. The van der Waals surface area contributed by atoms with E-state index in [0.29, 0.717) is 5.56 Å². The van der Waals surface area contributed by atoms with E-state index in [0.717, 1.165) is 5.56 Å². The first-order valence-electron chi connectivity index (χ1n) is 7.44. The summed E-state index contributed by atoms with van der Waals surface area (Å²) < 4.78 is 40.2. The van der Waals surface area contributed by atoms with Gasteiger partial charge in [0.1, 0.15) is 5.82 Å². The van der Waals surface area contributed by atoms with Crippen LogP contribution in [0.5, 0.6) is 0 Å². The zero-order valence-corrected chi connectivity index (χ0v) is 13.8. The summed E-state index contributed by atoms with van der Waals surface area (Å²) in [4.78, 5) is 11.9. The molecule has 2 aromatic rings. The lowest BCUT2D eigenvalue weighted by Crippen LogP contribution is -2.34. The Labute approximate surface area is 140 Å². The van der Waals surface area contributed by atoms with Gasteiger partial charge in [-0.2, -0.15) is 0 Å². The van der Waals surface area contributed by atoms with Crippen molar-refractivity contribution in [3.63, 3.8) is 0 Å². The molecule has 0 bridgehead atoms. The summed E-state index contributed by atoms with van der Waals surface area (Å²) in [7, 11) is -3.81. The molecule has 0 fully saturated rings. The normalized spacial score (nSPS) is 18.0. The molecule has 1 aliphatic heterocycles. The molecule has 0 radical (unpaired) electrons. The summed E-state index contributed by atoms with van der Waals surface area (Å²) in [5.41, 5.74) is 1.53. The van der Waals surface area contributed by atoms with Gasteiger partial charge in [0.05, 0.1) is 10.9 Å². The second kappa shape index (κ2) is 6.20. The number of benzene rings is 2. The van der Waals surface area contributed by atoms with Crippen molar-refractivity contribution in [2.24, 2.45) is 0 Å². The van der Waals surface area contributed by atoms with Crippen LogP contribution < -0.4 is 0 Å². The second-order valence-corrected chi connectivity index (χ2v) is 7.54. The van der Waals surface area contributed by atoms with Gasteiger partial charge >= 0.3 is 0 Å². The summed E-state index contributed by atoms with van der Waals surface area (Å²) in [6, 6.07) is 11.4. The Hall–Kier alpha value is -2.47. The number of hydrogen-bond donors (Lipinski definition) is 0. The highest BCUT2D eigenvalue weighted by Gasteiger charge is 2.33. The molecular weight excluding hydrogens is 329 g/mol. The summed E-state index contributed by atoms with van der Waals surface area (Å²) in [5, 5.41) is 0. The Morgan fingerprint density at radius 3 is 2.29 bits per heavy atom. The van der Waals surface area contributed by atoms with E-state index >= 15 is 0 Å². The number of carbonyl (C=O) groups is 1. The van der Waals surface area contributed by atoms with Gasteiger partial charge in [-0.1, -0.05) is 29.8 Å². The van der Waals surface area contributed by atoms with Crippen molar-refractivity contribution in [3.8, 4) is 0 Å². The molecule has 1 atom stereocenters. The van der Waals surface area contributed by atoms with Crippen molar-refractivity contribution in [1.29, 1.82) is 0 Å². The Bertz CT molecular complexity index is 887. The zero-order chi connectivity index (χ0) is 17.3. The molecule has 0 spiro atoms. The van der Waals surface area contributed by atoms with Gasteiger partial charge in [-0.25, -0.2) is 12.8 Å². The van der Waals surface area contributed by atoms with E-state index < -0.39 is 21.9 Å². The lowest BCUT2D eigenvalue weighted by Gasteiger charge is -2.32. The van der Waals surface area contributed by atoms with Gasteiger partial charge in [-0.3, -0.25) is 9.10 Å². The molecule has 0 N–H and O–H groups in total. The number of ketones is 1. The van der Waals surface area contributed by atoms with Crippen LogP contribution in [0.1, 0.15) is 23.6 Å². The minimum absolute atomic E-state index is 0.0211. The topological polar surface area (TPSA) is 54.5 Å². The standard InChI is InChI=1S/C18H16FNO3S/c1-13-2-8-17(9-3-13)24(22,23)20-11-10-16(21)12-18(20)14-4-6-15(19)7-5-14/h2-11,18H,12H2,1H3/t18-/m1/s1. The van der Waals surface area contributed by atoms with Gasteiger partial charge in [0.25, 0.3) is 10.0 Å². The van der Waals surface area contributed by atoms with Crippen LogP contribution in [0.25, 0.3) is 0 Å². The maximum absolute atomic E-state index is 13.2. The fourth-order valence-corrected chi connectivity index (χ4v) is 4.11. The number of allylic oxidation sites excluding steroid dienone is 1. The molecule has 24 heavy (non-hydrogen) atoms. The van der Waals surface area contributed by atoms with Crippen LogP contribution in [0.2, 0.25) is 0 Å². The van der Waals surface area contributed by atoms with Gasteiger partial charge in [-0.05, 0) is 42.8 Å². The maximum atomic E-state index is 13.2. The molecule has 2 aromatic carbocycles.